The number of nitrogens with one attached hydrogen (secondary N) is 1. The average Bonchev–Trinajstić information content (AvgIpc) is 2.74. The van der Waals surface area contributed by atoms with Crippen LogP contribution in [0.15, 0.2) is 18.7 Å². The zero-order valence-electron chi connectivity index (χ0n) is 9.34. The third-order valence-corrected chi connectivity index (χ3v) is 1.89. The number of carbonyl (C=O) groups is 2. The molecule has 17 heavy (non-hydrogen) atoms. The number of rotatable bonds is 5. The molecule has 0 unspecified atom stereocenters. The van der Waals surface area contributed by atoms with Crippen molar-refractivity contribution in [2.24, 2.45) is 0 Å². The molecule has 0 aliphatic carbocycles. The van der Waals surface area contributed by atoms with Crippen LogP contribution in [0.25, 0.3) is 0 Å². The van der Waals surface area contributed by atoms with E-state index in [2.05, 4.69) is 16.8 Å². The van der Waals surface area contributed by atoms with E-state index < -0.39 is 12.1 Å². The van der Waals surface area contributed by atoms with Gasteiger partial charge in [0.25, 0.3) is 0 Å². The Morgan fingerprint density at radius 2 is 2.41 bits per heavy atom. The average molecular weight is 239 g/mol. The van der Waals surface area contributed by atoms with Gasteiger partial charge in [0.1, 0.15) is 6.61 Å². The Balaban J connectivity index is 2.54. The number of H-pyrrole nitrogens is 1. The minimum absolute atomic E-state index is 0.0899. The molecular formula is C10H13N3O4. The summed E-state index contributed by atoms with van der Waals surface area (Å²) in [6, 6.07) is 1.36. The van der Waals surface area contributed by atoms with Crippen LogP contribution < -0.4 is 0 Å². The second kappa shape index (κ2) is 5.69. The number of aromatic carboxylic acids is 1. The highest BCUT2D eigenvalue weighted by Gasteiger charge is 2.13. The van der Waals surface area contributed by atoms with E-state index in [0.717, 1.165) is 0 Å². The van der Waals surface area contributed by atoms with Crippen LogP contribution in [0.5, 0.6) is 0 Å². The maximum Gasteiger partial charge on any atom is 0.410 e. The molecule has 1 aromatic heterocycles. The first kappa shape index (κ1) is 12.8. The molecule has 0 spiro atoms. The highest BCUT2D eigenvalue weighted by molar-refractivity contribution is 5.85. The van der Waals surface area contributed by atoms with Gasteiger partial charge in [0.2, 0.25) is 0 Å². The lowest BCUT2D eigenvalue weighted by molar-refractivity contribution is 0.0690. The van der Waals surface area contributed by atoms with Crippen molar-refractivity contribution in [1.29, 1.82) is 0 Å². The number of carboxylic acid groups (broad SMARTS) is 1. The number of hydrogen-bond acceptors (Lipinski definition) is 4. The van der Waals surface area contributed by atoms with Gasteiger partial charge in [0, 0.05) is 7.05 Å². The Labute approximate surface area is 97.7 Å². The largest absolute Gasteiger partial charge is 0.476 e. The van der Waals surface area contributed by atoms with E-state index in [9.17, 15) is 9.59 Å². The molecule has 0 saturated heterocycles. The second-order valence-electron chi connectivity index (χ2n) is 3.31. The van der Waals surface area contributed by atoms with Gasteiger partial charge < -0.3 is 14.7 Å². The number of carbonyl (C=O) groups excluding carboxylic acids is 1. The Morgan fingerprint density at radius 1 is 1.71 bits per heavy atom. The molecule has 1 rings (SSSR count). The standard InChI is InChI=1S/C10H13N3O4/c1-3-4-17-10(16)13(2)6-7-5-8(9(14)15)12-11-7/h3,5H,1,4,6H2,2H3,(H,11,12)(H,14,15). The normalized spacial score (nSPS) is 9.71. The lowest BCUT2D eigenvalue weighted by atomic mass is 10.3. The number of nitrogens with zero attached hydrogens (tertiary/aromatic N) is 2. The van der Waals surface area contributed by atoms with E-state index >= 15 is 0 Å². The molecule has 0 fully saturated rings. The Hall–Kier alpha value is -2.31. The zero-order valence-corrected chi connectivity index (χ0v) is 9.34. The summed E-state index contributed by atoms with van der Waals surface area (Å²) in [6.45, 7) is 3.74. The van der Waals surface area contributed by atoms with Crippen LogP contribution in [-0.2, 0) is 11.3 Å². The van der Waals surface area contributed by atoms with Crippen LogP contribution in [0.3, 0.4) is 0 Å². The summed E-state index contributed by atoms with van der Waals surface area (Å²) >= 11 is 0. The van der Waals surface area contributed by atoms with Crippen molar-refractivity contribution in [2.45, 2.75) is 6.54 Å². The van der Waals surface area contributed by atoms with Crippen molar-refractivity contribution in [3.8, 4) is 0 Å². The number of carboxylic acids is 1. The van der Waals surface area contributed by atoms with Crippen LogP contribution >= 0.6 is 0 Å². The topological polar surface area (TPSA) is 95.5 Å². The summed E-state index contributed by atoms with van der Waals surface area (Å²) in [5.41, 5.74) is 0.424. The molecule has 7 heteroatoms. The second-order valence-corrected chi connectivity index (χ2v) is 3.31. The van der Waals surface area contributed by atoms with Crippen molar-refractivity contribution in [3.05, 3.63) is 30.1 Å². The third kappa shape index (κ3) is 3.63. The van der Waals surface area contributed by atoms with Gasteiger partial charge >= 0.3 is 12.1 Å². The van der Waals surface area contributed by atoms with E-state index in [0.29, 0.717) is 5.69 Å². The Bertz CT molecular complexity index is 427. The quantitative estimate of drug-likeness (QED) is 0.743. The fraction of sp³-hybridized carbons (Fsp3) is 0.300. The molecule has 7 nitrogen and oxygen atoms in total. The Kier molecular flexibility index (Phi) is 4.27. The maximum atomic E-state index is 11.4. The van der Waals surface area contributed by atoms with Gasteiger partial charge in [-0.15, -0.1) is 0 Å². The van der Waals surface area contributed by atoms with Crippen molar-refractivity contribution < 1.29 is 19.4 Å². The molecule has 1 amide bonds. The minimum atomic E-state index is -1.12. The molecule has 0 saturated carbocycles. The van der Waals surface area contributed by atoms with Crippen LogP contribution in [0.1, 0.15) is 16.2 Å². The fourth-order valence-corrected chi connectivity index (χ4v) is 1.11. The first-order valence-corrected chi connectivity index (χ1v) is 4.81. The summed E-state index contributed by atoms with van der Waals surface area (Å²) in [5.74, 6) is -1.12. The molecule has 0 atom stereocenters. The first-order chi connectivity index (χ1) is 8.04. The van der Waals surface area contributed by atoms with Crippen LogP contribution in [0.4, 0.5) is 4.79 Å². The molecule has 0 aromatic carbocycles. The van der Waals surface area contributed by atoms with Crippen molar-refractivity contribution in [3.63, 3.8) is 0 Å². The van der Waals surface area contributed by atoms with Crippen molar-refractivity contribution >= 4 is 12.1 Å². The molecule has 0 radical (unpaired) electrons. The van der Waals surface area contributed by atoms with Crippen LogP contribution in [0, 0.1) is 0 Å². The monoisotopic (exact) mass is 239 g/mol. The molecule has 0 aliphatic rings. The molecule has 92 valence electrons. The number of hydrogen-bond donors (Lipinski definition) is 2. The molecular weight excluding hydrogens is 226 g/mol. The predicted molar refractivity (Wildman–Crippen MR) is 58.6 cm³/mol. The SMILES string of the molecule is C=CCOC(=O)N(C)Cc1cc(C(=O)O)n[nH]1. The highest BCUT2D eigenvalue weighted by Crippen LogP contribution is 2.04. The highest BCUT2D eigenvalue weighted by atomic mass is 16.6. The van der Waals surface area contributed by atoms with Gasteiger partial charge in [-0.25, -0.2) is 9.59 Å². The van der Waals surface area contributed by atoms with Crippen molar-refractivity contribution in [1.82, 2.24) is 15.1 Å². The smallest absolute Gasteiger partial charge is 0.410 e. The maximum absolute atomic E-state index is 11.4. The van der Waals surface area contributed by atoms with E-state index in [1.54, 1.807) is 0 Å². The molecule has 2 N–H and O–H groups in total. The number of aromatic nitrogens is 2. The number of amides is 1. The lowest BCUT2D eigenvalue weighted by Crippen LogP contribution is -2.27. The fourth-order valence-electron chi connectivity index (χ4n) is 1.11. The minimum Gasteiger partial charge on any atom is -0.476 e. The van der Waals surface area contributed by atoms with Gasteiger partial charge in [-0.2, -0.15) is 5.10 Å². The summed E-state index contributed by atoms with van der Waals surface area (Å²) in [4.78, 5) is 23.2. The van der Waals surface area contributed by atoms with Gasteiger partial charge in [0.15, 0.2) is 5.69 Å². The van der Waals surface area contributed by atoms with E-state index in [-0.39, 0.29) is 18.8 Å². The Morgan fingerprint density at radius 3 is 2.94 bits per heavy atom. The van der Waals surface area contributed by atoms with Crippen molar-refractivity contribution in [2.75, 3.05) is 13.7 Å². The zero-order chi connectivity index (χ0) is 12.8. The summed E-state index contributed by atoms with van der Waals surface area (Å²) in [6.07, 6.45) is 0.946. The van der Waals surface area contributed by atoms with E-state index in [4.69, 9.17) is 9.84 Å². The summed E-state index contributed by atoms with van der Waals surface area (Å²) in [5, 5.41) is 14.8. The first-order valence-electron chi connectivity index (χ1n) is 4.81. The lowest BCUT2D eigenvalue weighted by Gasteiger charge is -2.14. The van der Waals surface area contributed by atoms with Crippen LogP contribution in [-0.4, -0.2) is 45.9 Å². The van der Waals surface area contributed by atoms with E-state index in [1.807, 2.05) is 0 Å². The summed E-state index contributed by atoms with van der Waals surface area (Å²) < 4.78 is 4.80. The van der Waals surface area contributed by atoms with Gasteiger partial charge in [-0.3, -0.25) is 5.10 Å². The van der Waals surface area contributed by atoms with E-state index in [1.165, 1.54) is 24.1 Å². The predicted octanol–water partition coefficient (Wildman–Crippen LogP) is 0.862. The molecule has 0 aliphatic heterocycles. The third-order valence-electron chi connectivity index (χ3n) is 1.89. The van der Waals surface area contributed by atoms with Gasteiger partial charge in [0.05, 0.1) is 12.2 Å². The number of ether oxygens (including phenoxy) is 1. The molecule has 1 heterocycles. The van der Waals surface area contributed by atoms with Crippen LogP contribution in [0.2, 0.25) is 0 Å². The molecule has 0 bridgehead atoms. The summed E-state index contributed by atoms with van der Waals surface area (Å²) in [7, 11) is 1.53. The van der Waals surface area contributed by atoms with Gasteiger partial charge in [-0.05, 0) is 6.07 Å². The number of aromatic amines is 1. The van der Waals surface area contributed by atoms with Gasteiger partial charge in [-0.1, -0.05) is 12.7 Å². The molecule has 1 aromatic rings.